The number of alkyl halides is 1. The molecule has 1 heterocycles. The molecule has 1 atom stereocenters. The van der Waals surface area contributed by atoms with E-state index in [-0.39, 0.29) is 5.38 Å². The normalized spacial score (nSPS) is 12.9. The Kier molecular flexibility index (Phi) is 4.97. The first-order chi connectivity index (χ1) is 7.00. The van der Waals surface area contributed by atoms with Crippen molar-refractivity contribution in [2.45, 2.75) is 19.2 Å². The number of pyridine rings is 1. The first-order valence-corrected chi connectivity index (χ1v) is 5.89. The molecule has 1 rings (SSSR count). The molecule has 0 aliphatic rings. The second-order valence-corrected chi connectivity index (χ2v) is 5.03. The van der Waals surface area contributed by atoms with E-state index in [1.54, 1.807) is 12.3 Å². The molecule has 0 bridgehead atoms. The topological polar surface area (TPSA) is 24.9 Å². The molecule has 0 fully saturated rings. The van der Waals surface area contributed by atoms with E-state index in [1.165, 1.54) is 0 Å². The quantitative estimate of drug-likeness (QED) is 0.832. The van der Waals surface area contributed by atoms with Crippen LogP contribution in [0.25, 0.3) is 0 Å². The maximum atomic E-state index is 6.09. The van der Waals surface area contributed by atoms with Gasteiger partial charge in [0.25, 0.3) is 0 Å². The van der Waals surface area contributed by atoms with Gasteiger partial charge >= 0.3 is 0 Å². The fraction of sp³-hybridized carbons (Fsp3) is 0.500. The van der Waals surface area contributed by atoms with Crippen molar-refractivity contribution in [3.8, 4) is 0 Å². The van der Waals surface area contributed by atoms with Crippen LogP contribution < -0.4 is 5.32 Å². The second-order valence-electron chi connectivity index (χ2n) is 3.62. The van der Waals surface area contributed by atoms with Crippen molar-refractivity contribution in [3.63, 3.8) is 0 Å². The Morgan fingerprint density at radius 3 is 2.60 bits per heavy atom. The third-order valence-corrected chi connectivity index (χ3v) is 3.15. The van der Waals surface area contributed by atoms with Crippen LogP contribution in [0, 0.1) is 5.92 Å². The lowest BCUT2D eigenvalue weighted by Gasteiger charge is -2.15. The largest absolute Gasteiger partial charge is 0.367 e. The van der Waals surface area contributed by atoms with Crippen LogP contribution in [-0.2, 0) is 0 Å². The van der Waals surface area contributed by atoms with Crippen LogP contribution >= 0.6 is 34.8 Å². The van der Waals surface area contributed by atoms with Crippen molar-refractivity contribution in [2.75, 3.05) is 11.9 Å². The Morgan fingerprint density at radius 2 is 2.07 bits per heavy atom. The van der Waals surface area contributed by atoms with E-state index in [4.69, 9.17) is 34.8 Å². The molecule has 2 nitrogen and oxygen atoms in total. The third kappa shape index (κ3) is 4.06. The molecule has 0 saturated heterocycles. The fourth-order valence-electron chi connectivity index (χ4n) is 0.975. The average Bonchev–Trinajstić information content (AvgIpc) is 2.15. The van der Waals surface area contributed by atoms with Gasteiger partial charge in [0.05, 0.1) is 15.4 Å². The number of nitrogens with one attached hydrogen (secondary N) is 1. The number of halogens is 3. The van der Waals surface area contributed by atoms with Gasteiger partial charge in [0.1, 0.15) is 5.82 Å². The second kappa shape index (κ2) is 5.78. The highest BCUT2D eigenvalue weighted by Crippen LogP contribution is 2.23. The Hall–Kier alpha value is -0.180. The Bertz CT molecular complexity index is 328. The summed E-state index contributed by atoms with van der Waals surface area (Å²) in [5, 5.41) is 4.18. The van der Waals surface area contributed by atoms with Crippen LogP contribution in [-0.4, -0.2) is 16.9 Å². The van der Waals surface area contributed by atoms with Gasteiger partial charge in [-0.15, -0.1) is 11.6 Å². The number of hydrogen-bond acceptors (Lipinski definition) is 2. The Morgan fingerprint density at radius 1 is 1.40 bits per heavy atom. The summed E-state index contributed by atoms with van der Waals surface area (Å²) in [6.45, 7) is 4.76. The minimum Gasteiger partial charge on any atom is -0.367 e. The lowest BCUT2D eigenvalue weighted by molar-refractivity contribution is 0.615. The van der Waals surface area contributed by atoms with Gasteiger partial charge in [-0.3, -0.25) is 0 Å². The first-order valence-electron chi connectivity index (χ1n) is 4.69. The zero-order valence-electron chi connectivity index (χ0n) is 8.60. The SMILES string of the molecule is CC(C)C(Cl)CNc1ncc(Cl)cc1Cl. The summed E-state index contributed by atoms with van der Waals surface area (Å²) in [6, 6.07) is 1.65. The molecule has 0 radical (unpaired) electrons. The van der Waals surface area contributed by atoms with Gasteiger partial charge < -0.3 is 5.32 Å². The smallest absolute Gasteiger partial charge is 0.144 e. The van der Waals surface area contributed by atoms with Crippen molar-refractivity contribution >= 4 is 40.6 Å². The standard InChI is InChI=1S/C10H13Cl3N2/c1-6(2)9(13)5-15-10-8(12)3-7(11)4-14-10/h3-4,6,9H,5H2,1-2H3,(H,14,15). The number of hydrogen-bond donors (Lipinski definition) is 1. The van der Waals surface area contributed by atoms with Gasteiger partial charge in [-0.05, 0) is 12.0 Å². The van der Waals surface area contributed by atoms with Crippen LogP contribution in [0.3, 0.4) is 0 Å². The lowest BCUT2D eigenvalue weighted by Crippen LogP contribution is -2.20. The molecule has 5 heteroatoms. The molecule has 0 spiro atoms. The maximum Gasteiger partial charge on any atom is 0.144 e. The fourth-order valence-corrected chi connectivity index (χ4v) is 1.50. The van der Waals surface area contributed by atoms with Crippen LogP contribution in [0.2, 0.25) is 10.0 Å². The van der Waals surface area contributed by atoms with E-state index in [0.29, 0.717) is 28.3 Å². The molecule has 84 valence electrons. The summed E-state index contributed by atoms with van der Waals surface area (Å²) >= 11 is 17.8. The third-order valence-electron chi connectivity index (χ3n) is 2.00. The number of rotatable bonds is 4. The van der Waals surface area contributed by atoms with Gasteiger partial charge in [0.15, 0.2) is 0 Å². The zero-order valence-corrected chi connectivity index (χ0v) is 10.9. The summed E-state index contributed by atoms with van der Waals surface area (Å²) in [5.74, 6) is 1.03. The van der Waals surface area contributed by atoms with Crippen molar-refractivity contribution in [1.82, 2.24) is 4.98 Å². The number of aromatic nitrogens is 1. The molecule has 0 saturated carbocycles. The van der Waals surface area contributed by atoms with Gasteiger partial charge in [0, 0.05) is 12.7 Å². The highest BCUT2D eigenvalue weighted by atomic mass is 35.5. The van der Waals surface area contributed by atoms with Crippen LogP contribution in [0.4, 0.5) is 5.82 Å². The van der Waals surface area contributed by atoms with E-state index < -0.39 is 0 Å². The molecule has 1 unspecified atom stereocenters. The van der Waals surface area contributed by atoms with Crippen LogP contribution in [0.15, 0.2) is 12.3 Å². The summed E-state index contributed by atoms with van der Waals surface area (Å²) in [6.07, 6.45) is 1.55. The highest BCUT2D eigenvalue weighted by molar-refractivity contribution is 6.35. The summed E-state index contributed by atoms with van der Waals surface area (Å²) in [5.41, 5.74) is 0. The molecular weight excluding hydrogens is 254 g/mol. The van der Waals surface area contributed by atoms with E-state index >= 15 is 0 Å². The molecule has 0 amide bonds. The van der Waals surface area contributed by atoms with Crippen LogP contribution in [0.5, 0.6) is 0 Å². The molecule has 1 aromatic rings. The van der Waals surface area contributed by atoms with Crippen molar-refractivity contribution in [2.24, 2.45) is 5.92 Å². The maximum absolute atomic E-state index is 6.09. The number of nitrogens with zero attached hydrogens (tertiary/aromatic N) is 1. The summed E-state index contributed by atoms with van der Waals surface area (Å²) < 4.78 is 0. The van der Waals surface area contributed by atoms with Crippen molar-refractivity contribution in [1.29, 1.82) is 0 Å². The molecule has 1 N–H and O–H groups in total. The highest BCUT2D eigenvalue weighted by Gasteiger charge is 2.10. The van der Waals surface area contributed by atoms with Crippen molar-refractivity contribution < 1.29 is 0 Å². The van der Waals surface area contributed by atoms with Gasteiger partial charge in [-0.25, -0.2) is 4.98 Å². The number of anilines is 1. The van der Waals surface area contributed by atoms with Gasteiger partial charge in [0.2, 0.25) is 0 Å². The van der Waals surface area contributed by atoms with Crippen molar-refractivity contribution in [3.05, 3.63) is 22.3 Å². The predicted molar refractivity (Wildman–Crippen MR) is 67.2 cm³/mol. The lowest BCUT2D eigenvalue weighted by atomic mass is 10.1. The Balaban J connectivity index is 2.58. The zero-order chi connectivity index (χ0) is 11.4. The minimum atomic E-state index is 0.0542. The predicted octanol–water partition coefficient (Wildman–Crippen LogP) is 4.06. The average molecular weight is 268 g/mol. The molecule has 1 aromatic heterocycles. The summed E-state index contributed by atoms with van der Waals surface area (Å²) in [7, 11) is 0. The molecule has 15 heavy (non-hydrogen) atoms. The van der Waals surface area contributed by atoms with E-state index in [1.807, 2.05) is 0 Å². The van der Waals surface area contributed by atoms with E-state index in [2.05, 4.69) is 24.1 Å². The molecular formula is C10H13Cl3N2. The first kappa shape index (κ1) is 12.9. The van der Waals surface area contributed by atoms with E-state index in [0.717, 1.165) is 0 Å². The molecule has 0 aliphatic heterocycles. The summed E-state index contributed by atoms with van der Waals surface area (Å²) in [4.78, 5) is 4.08. The Labute approximate surface area is 105 Å². The van der Waals surface area contributed by atoms with Gasteiger partial charge in [-0.1, -0.05) is 37.0 Å². The van der Waals surface area contributed by atoms with E-state index in [9.17, 15) is 0 Å². The molecule has 0 aliphatic carbocycles. The van der Waals surface area contributed by atoms with Crippen LogP contribution in [0.1, 0.15) is 13.8 Å². The minimum absolute atomic E-state index is 0.0542. The monoisotopic (exact) mass is 266 g/mol. The molecule has 0 aromatic carbocycles. The van der Waals surface area contributed by atoms with Gasteiger partial charge in [-0.2, -0.15) is 0 Å².